The van der Waals surface area contributed by atoms with E-state index < -0.39 is 5.91 Å². The quantitative estimate of drug-likeness (QED) is 0.356. The first-order valence-corrected chi connectivity index (χ1v) is 14.2. The molecule has 2 saturated carbocycles. The van der Waals surface area contributed by atoms with Crippen molar-refractivity contribution in [3.63, 3.8) is 0 Å². The first kappa shape index (κ1) is 27.4. The van der Waals surface area contributed by atoms with Gasteiger partial charge >= 0.3 is 0 Å². The molecule has 3 aromatic rings. The van der Waals surface area contributed by atoms with Crippen LogP contribution in [0.3, 0.4) is 0 Å². The van der Waals surface area contributed by atoms with Gasteiger partial charge in [0, 0.05) is 42.7 Å². The standard InChI is InChI=1S/C27H31ClN6O4S/c1-15-10-19(20-11-23(28)30-13-22(20)37-3)21(12-29-15)24(35)31-27-33-32-25(39-27)26(36)34(2)17-6-8-18(9-7-17)38-14-16-4-5-16/h10-13,16-18H,4-9,14H2,1-3H3,(H,31,33,35). The Bertz CT molecular complexity index is 1360. The number of hydrogen-bond donors (Lipinski definition) is 1. The number of rotatable bonds is 9. The van der Waals surface area contributed by atoms with E-state index in [2.05, 4.69) is 25.5 Å². The van der Waals surface area contributed by atoms with Gasteiger partial charge in [0.25, 0.3) is 11.8 Å². The molecule has 1 N–H and O–H groups in total. The highest BCUT2D eigenvalue weighted by Gasteiger charge is 2.30. The maximum absolute atomic E-state index is 13.3. The van der Waals surface area contributed by atoms with Crippen LogP contribution in [0.25, 0.3) is 11.1 Å². The second kappa shape index (κ2) is 11.9. The van der Waals surface area contributed by atoms with Gasteiger partial charge in [0.2, 0.25) is 10.1 Å². The fourth-order valence-electron chi connectivity index (χ4n) is 4.75. The van der Waals surface area contributed by atoms with Gasteiger partial charge in [-0.3, -0.25) is 19.9 Å². The maximum Gasteiger partial charge on any atom is 0.284 e. The Hall–Kier alpha value is -3.15. The topological polar surface area (TPSA) is 119 Å². The van der Waals surface area contributed by atoms with Crippen LogP contribution in [0.15, 0.2) is 24.5 Å². The fourth-order valence-corrected chi connectivity index (χ4v) is 5.63. The molecule has 2 amide bonds. The lowest BCUT2D eigenvalue weighted by Gasteiger charge is -2.34. The molecular formula is C27H31ClN6O4S. The van der Waals surface area contributed by atoms with E-state index in [0.29, 0.717) is 28.1 Å². The number of methoxy groups -OCH3 is 1. The molecule has 3 aromatic heterocycles. The van der Waals surface area contributed by atoms with E-state index in [1.165, 1.54) is 32.3 Å². The molecule has 0 radical (unpaired) electrons. The van der Waals surface area contributed by atoms with Crippen molar-refractivity contribution in [2.24, 2.45) is 5.92 Å². The summed E-state index contributed by atoms with van der Waals surface area (Å²) in [6.45, 7) is 2.70. The van der Waals surface area contributed by atoms with E-state index in [1.807, 2.05) is 6.92 Å². The number of ether oxygens (including phenoxy) is 2. The third kappa shape index (κ3) is 6.54. The molecule has 12 heteroatoms. The van der Waals surface area contributed by atoms with Crippen molar-refractivity contribution < 1.29 is 19.1 Å². The summed E-state index contributed by atoms with van der Waals surface area (Å²) in [4.78, 5) is 36.5. The normalized spacial score (nSPS) is 19.0. The third-order valence-electron chi connectivity index (χ3n) is 7.23. The van der Waals surface area contributed by atoms with Gasteiger partial charge in [-0.05, 0) is 63.5 Å². The number of aryl methyl sites for hydroxylation is 1. The Morgan fingerprint density at radius 1 is 1.08 bits per heavy atom. The lowest BCUT2D eigenvalue weighted by molar-refractivity contribution is 0.00590. The molecule has 0 spiro atoms. The Labute approximate surface area is 236 Å². The van der Waals surface area contributed by atoms with E-state index >= 15 is 0 Å². The summed E-state index contributed by atoms with van der Waals surface area (Å²) in [5, 5.41) is 11.6. The Morgan fingerprint density at radius 3 is 2.56 bits per heavy atom. The molecule has 2 aliphatic rings. The van der Waals surface area contributed by atoms with Crippen molar-refractivity contribution in [1.82, 2.24) is 25.1 Å². The number of aromatic nitrogens is 4. The summed E-state index contributed by atoms with van der Waals surface area (Å²) in [6, 6.07) is 3.54. The summed E-state index contributed by atoms with van der Waals surface area (Å²) >= 11 is 7.18. The zero-order valence-electron chi connectivity index (χ0n) is 22.1. The zero-order valence-corrected chi connectivity index (χ0v) is 23.7. The monoisotopic (exact) mass is 570 g/mol. The number of carbonyl (C=O) groups is 2. The van der Waals surface area contributed by atoms with Crippen molar-refractivity contribution >= 4 is 39.9 Å². The molecular weight excluding hydrogens is 540 g/mol. The van der Waals surface area contributed by atoms with Crippen molar-refractivity contribution in [2.75, 3.05) is 26.1 Å². The number of hydrogen-bond acceptors (Lipinski definition) is 9. The summed E-state index contributed by atoms with van der Waals surface area (Å²) < 4.78 is 11.5. The van der Waals surface area contributed by atoms with E-state index in [4.69, 9.17) is 21.1 Å². The number of anilines is 1. The highest BCUT2D eigenvalue weighted by atomic mass is 35.5. The van der Waals surface area contributed by atoms with Gasteiger partial charge in [0.15, 0.2) is 0 Å². The van der Waals surface area contributed by atoms with E-state index in [1.54, 1.807) is 24.1 Å². The average Bonchev–Trinajstić information content (AvgIpc) is 3.67. The average molecular weight is 571 g/mol. The molecule has 0 bridgehead atoms. The summed E-state index contributed by atoms with van der Waals surface area (Å²) in [7, 11) is 3.32. The highest BCUT2D eigenvalue weighted by molar-refractivity contribution is 7.17. The molecule has 0 unspecified atom stereocenters. The predicted octanol–water partition coefficient (Wildman–Crippen LogP) is 5.03. The van der Waals surface area contributed by atoms with Crippen molar-refractivity contribution in [3.8, 4) is 16.9 Å². The Balaban J connectivity index is 1.25. The summed E-state index contributed by atoms with van der Waals surface area (Å²) in [5.74, 6) is 0.573. The lowest BCUT2D eigenvalue weighted by Crippen LogP contribution is -2.40. The molecule has 5 rings (SSSR count). The third-order valence-corrected chi connectivity index (χ3v) is 8.27. The van der Waals surface area contributed by atoms with Crippen LogP contribution in [-0.4, -0.2) is 69.8 Å². The van der Waals surface area contributed by atoms with Crippen LogP contribution in [0.2, 0.25) is 5.15 Å². The molecule has 39 heavy (non-hydrogen) atoms. The van der Waals surface area contributed by atoms with Gasteiger partial charge in [0.1, 0.15) is 10.9 Å². The van der Waals surface area contributed by atoms with E-state index in [-0.39, 0.29) is 33.3 Å². The molecule has 0 atom stereocenters. The molecule has 2 aliphatic carbocycles. The molecule has 3 heterocycles. The summed E-state index contributed by atoms with van der Waals surface area (Å²) in [6.07, 6.45) is 9.54. The number of amides is 2. The van der Waals surface area contributed by atoms with Crippen LogP contribution in [0.4, 0.5) is 5.13 Å². The second-order valence-corrected chi connectivity index (χ2v) is 11.4. The minimum absolute atomic E-state index is 0.128. The molecule has 10 nitrogen and oxygen atoms in total. The largest absolute Gasteiger partial charge is 0.494 e. The van der Waals surface area contributed by atoms with E-state index in [0.717, 1.165) is 49.5 Å². The van der Waals surface area contributed by atoms with Crippen LogP contribution in [0, 0.1) is 12.8 Å². The molecule has 206 valence electrons. The lowest BCUT2D eigenvalue weighted by atomic mass is 9.92. The van der Waals surface area contributed by atoms with Crippen LogP contribution < -0.4 is 10.1 Å². The number of halogens is 1. The van der Waals surface area contributed by atoms with Crippen molar-refractivity contribution in [1.29, 1.82) is 0 Å². The minimum Gasteiger partial charge on any atom is -0.494 e. The molecule has 0 aliphatic heterocycles. The number of nitrogens with one attached hydrogen (secondary N) is 1. The second-order valence-electron chi connectivity index (χ2n) is 10.1. The summed E-state index contributed by atoms with van der Waals surface area (Å²) in [5.41, 5.74) is 2.20. The molecule has 2 fully saturated rings. The van der Waals surface area contributed by atoms with Gasteiger partial charge in [-0.1, -0.05) is 22.9 Å². The molecule has 0 aromatic carbocycles. The van der Waals surface area contributed by atoms with Gasteiger partial charge in [-0.2, -0.15) is 0 Å². The first-order valence-electron chi connectivity index (χ1n) is 13.0. The number of pyridine rings is 2. The maximum atomic E-state index is 13.3. The SMILES string of the molecule is COc1cnc(Cl)cc1-c1cc(C)ncc1C(=O)Nc1nnc(C(=O)N(C)C2CCC(OCC3CC3)CC2)s1. The first-order chi connectivity index (χ1) is 18.8. The zero-order chi connectivity index (χ0) is 27.5. The molecule has 0 saturated heterocycles. The van der Waals surface area contributed by atoms with Crippen LogP contribution in [0.1, 0.15) is 64.4 Å². The van der Waals surface area contributed by atoms with E-state index in [9.17, 15) is 9.59 Å². The van der Waals surface area contributed by atoms with Crippen molar-refractivity contribution in [2.45, 2.75) is 57.6 Å². The van der Waals surface area contributed by atoms with Gasteiger partial charge in [-0.25, -0.2) is 4.98 Å². The predicted molar refractivity (Wildman–Crippen MR) is 148 cm³/mol. The Morgan fingerprint density at radius 2 is 1.85 bits per heavy atom. The minimum atomic E-state index is -0.444. The van der Waals surface area contributed by atoms with Gasteiger partial charge < -0.3 is 14.4 Å². The van der Waals surface area contributed by atoms with Crippen molar-refractivity contribution in [3.05, 3.63) is 45.9 Å². The van der Waals surface area contributed by atoms with Gasteiger partial charge in [-0.15, -0.1) is 10.2 Å². The van der Waals surface area contributed by atoms with Crippen LogP contribution >= 0.6 is 22.9 Å². The smallest absolute Gasteiger partial charge is 0.284 e. The number of carbonyl (C=O) groups excluding carboxylic acids is 2. The highest BCUT2D eigenvalue weighted by Crippen LogP contribution is 2.35. The van der Waals surface area contributed by atoms with Crippen LogP contribution in [0.5, 0.6) is 5.75 Å². The Kier molecular flexibility index (Phi) is 8.39. The fraction of sp³-hybridized carbons (Fsp3) is 0.481. The number of nitrogens with zero attached hydrogens (tertiary/aromatic N) is 5. The van der Waals surface area contributed by atoms with Crippen LogP contribution in [-0.2, 0) is 4.74 Å². The van der Waals surface area contributed by atoms with Gasteiger partial charge in [0.05, 0.1) is 25.0 Å².